The molecule has 4 aromatic rings. The van der Waals surface area contributed by atoms with Crippen LogP contribution in [-0.2, 0) is 29.1 Å². The molecule has 3 unspecified atom stereocenters. The van der Waals surface area contributed by atoms with Gasteiger partial charge in [0.2, 0.25) is 0 Å². The van der Waals surface area contributed by atoms with Crippen molar-refractivity contribution in [2.45, 2.75) is 57.1 Å². The quantitative estimate of drug-likeness (QED) is 0.216. The van der Waals surface area contributed by atoms with E-state index in [0.29, 0.717) is 26.4 Å². The van der Waals surface area contributed by atoms with E-state index in [2.05, 4.69) is 59.3 Å². The molecule has 3 atom stereocenters. The van der Waals surface area contributed by atoms with E-state index in [4.69, 9.17) is 24.7 Å². The molecule has 44 heavy (non-hydrogen) atoms. The van der Waals surface area contributed by atoms with Crippen LogP contribution in [0.25, 0.3) is 0 Å². The summed E-state index contributed by atoms with van der Waals surface area (Å²) in [5.74, 6) is 1.67. The first kappa shape index (κ1) is 30.3. The lowest BCUT2D eigenvalue weighted by atomic mass is 9.79. The zero-order valence-corrected chi connectivity index (χ0v) is 25.7. The second-order valence-electron chi connectivity index (χ2n) is 12.0. The first-order chi connectivity index (χ1) is 21.6. The molecule has 1 saturated heterocycles. The zero-order valence-electron chi connectivity index (χ0n) is 25.7. The van der Waals surface area contributed by atoms with E-state index < -0.39 is 0 Å². The maximum absolute atomic E-state index is 6.82. The van der Waals surface area contributed by atoms with Gasteiger partial charge in [-0.25, -0.2) is 0 Å². The van der Waals surface area contributed by atoms with Gasteiger partial charge in [0, 0.05) is 43.0 Å². The summed E-state index contributed by atoms with van der Waals surface area (Å²) < 4.78 is 24.7. The van der Waals surface area contributed by atoms with Gasteiger partial charge in [-0.2, -0.15) is 0 Å². The predicted molar refractivity (Wildman–Crippen MR) is 172 cm³/mol. The van der Waals surface area contributed by atoms with Crippen LogP contribution >= 0.6 is 0 Å². The van der Waals surface area contributed by atoms with E-state index in [1.165, 1.54) is 16.7 Å². The Hall–Kier alpha value is -3.75. The van der Waals surface area contributed by atoms with Crippen LogP contribution in [0.3, 0.4) is 0 Å². The highest BCUT2D eigenvalue weighted by molar-refractivity contribution is 5.50. The molecule has 0 spiro atoms. The molecule has 7 heteroatoms. The Labute approximate surface area is 260 Å². The standard InChI is InChI=1S/C37H43N3O4/c1-26-13-15-39-34(17-26)32-21-40-16-14-29-18-37(36(41-2)19-31(29)35(40)20-33(32)38)44-30(24-42-22-27-9-5-3-6-10-27)25-43-23-28-11-7-4-8-12-28/h3-13,15,17-19,30,32-33,35H,14,16,20-25,38H2,1-2H3. The van der Waals surface area contributed by atoms with Crippen molar-refractivity contribution in [3.63, 3.8) is 0 Å². The third-order valence-corrected chi connectivity index (χ3v) is 8.78. The molecule has 230 valence electrons. The molecule has 0 bridgehead atoms. The van der Waals surface area contributed by atoms with Gasteiger partial charge in [-0.1, -0.05) is 60.7 Å². The van der Waals surface area contributed by atoms with Gasteiger partial charge in [0.25, 0.3) is 0 Å². The van der Waals surface area contributed by atoms with Gasteiger partial charge in [0.15, 0.2) is 11.5 Å². The van der Waals surface area contributed by atoms with Gasteiger partial charge < -0.3 is 24.7 Å². The van der Waals surface area contributed by atoms with E-state index in [0.717, 1.165) is 54.3 Å². The molecule has 0 saturated carbocycles. The normalized spacial score (nSPS) is 19.8. The van der Waals surface area contributed by atoms with Gasteiger partial charge in [-0.3, -0.25) is 9.88 Å². The topological polar surface area (TPSA) is 79.1 Å². The lowest BCUT2D eigenvalue weighted by Crippen LogP contribution is -2.50. The number of hydrogen-bond donors (Lipinski definition) is 1. The lowest BCUT2D eigenvalue weighted by molar-refractivity contribution is -0.0166. The van der Waals surface area contributed by atoms with Crippen LogP contribution in [-0.4, -0.2) is 55.4 Å². The first-order valence-corrected chi connectivity index (χ1v) is 15.6. The molecule has 1 fully saturated rings. The Kier molecular flexibility index (Phi) is 9.88. The number of methoxy groups -OCH3 is 1. The molecule has 6 rings (SSSR count). The number of aryl methyl sites for hydroxylation is 1. The SMILES string of the molecule is COc1cc2c(cc1OC(COCc1ccccc1)COCc1ccccc1)CCN1CC(c3cc(C)ccn3)C(N)CC21. The summed E-state index contributed by atoms with van der Waals surface area (Å²) in [7, 11) is 1.70. The van der Waals surface area contributed by atoms with Crippen LogP contribution in [0.1, 0.15) is 51.9 Å². The van der Waals surface area contributed by atoms with Crippen molar-refractivity contribution < 1.29 is 18.9 Å². The summed E-state index contributed by atoms with van der Waals surface area (Å²) in [4.78, 5) is 7.24. The van der Waals surface area contributed by atoms with Crippen LogP contribution in [0, 0.1) is 6.92 Å². The Morgan fingerprint density at radius 1 is 0.886 bits per heavy atom. The largest absolute Gasteiger partial charge is 0.493 e. The molecular formula is C37H43N3O4. The Balaban J connectivity index is 1.17. The fourth-order valence-corrected chi connectivity index (χ4v) is 6.45. The minimum Gasteiger partial charge on any atom is -0.493 e. The van der Waals surface area contributed by atoms with Crippen LogP contribution in [0.5, 0.6) is 11.5 Å². The fraction of sp³-hybridized carbons (Fsp3) is 0.378. The Morgan fingerprint density at radius 3 is 2.20 bits per heavy atom. The second kappa shape index (κ2) is 14.4. The lowest BCUT2D eigenvalue weighted by Gasteiger charge is -2.46. The van der Waals surface area contributed by atoms with Gasteiger partial charge in [0.05, 0.1) is 33.5 Å². The monoisotopic (exact) mass is 593 g/mol. The van der Waals surface area contributed by atoms with E-state index in [9.17, 15) is 0 Å². The van der Waals surface area contributed by atoms with Crippen molar-refractivity contribution in [3.8, 4) is 11.5 Å². The number of rotatable bonds is 12. The van der Waals surface area contributed by atoms with Gasteiger partial charge in [0.1, 0.15) is 6.10 Å². The number of ether oxygens (including phenoxy) is 4. The summed E-state index contributed by atoms with van der Waals surface area (Å²) in [5.41, 5.74) is 14.0. The van der Waals surface area contributed by atoms with E-state index in [1.807, 2.05) is 48.7 Å². The third kappa shape index (κ3) is 7.30. The van der Waals surface area contributed by atoms with Gasteiger partial charge in [-0.05, 0) is 71.8 Å². The van der Waals surface area contributed by atoms with Crippen LogP contribution in [0.4, 0.5) is 0 Å². The van der Waals surface area contributed by atoms with Crippen LogP contribution < -0.4 is 15.2 Å². The molecule has 2 aliphatic heterocycles. The van der Waals surface area contributed by atoms with Gasteiger partial charge >= 0.3 is 0 Å². The molecule has 2 N–H and O–H groups in total. The average molecular weight is 594 g/mol. The average Bonchev–Trinajstić information content (AvgIpc) is 3.05. The van der Waals surface area contributed by atoms with Crippen molar-refractivity contribution >= 4 is 0 Å². The molecule has 2 aliphatic rings. The van der Waals surface area contributed by atoms with Crippen LogP contribution in [0.2, 0.25) is 0 Å². The van der Waals surface area contributed by atoms with Gasteiger partial charge in [-0.15, -0.1) is 0 Å². The number of fused-ring (bicyclic) bond motifs is 3. The van der Waals surface area contributed by atoms with Crippen molar-refractivity contribution in [2.24, 2.45) is 5.73 Å². The molecule has 0 radical (unpaired) electrons. The van der Waals surface area contributed by atoms with Crippen molar-refractivity contribution in [1.29, 1.82) is 0 Å². The molecule has 0 aliphatic carbocycles. The minimum absolute atomic E-state index is 0.0336. The maximum Gasteiger partial charge on any atom is 0.162 e. The molecule has 1 aromatic heterocycles. The third-order valence-electron chi connectivity index (χ3n) is 8.78. The summed E-state index contributed by atoms with van der Waals surface area (Å²) in [5, 5.41) is 0. The number of aromatic nitrogens is 1. The number of pyridine rings is 1. The van der Waals surface area contributed by atoms with Crippen LogP contribution in [0.15, 0.2) is 91.1 Å². The number of piperidine rings is 1. The predicted octanol–water partition coefficient (Wildman–Crippen LogP) is 5.99. The van der Waals surface area contributed by atoms with Crippen molar-refractivity contribution in [2.75, 3.05) is 33.4 Å². The second-order valence-corrected chi connectivity index (χ2v) is 12.0. The first-order valence-electron chi connectivity index (χ1n) is 15.6. The number of hydrogen-bond acceptors (Lipinski definition) is 7. The van der Waals surface area contributed by atoms with E-state index in [-0.39, 0.29) is 24.1 Å². The molecule has 0 amide bonds. The highest BCUT2D eigenvalue weighted by Crippen LogP contribution is 2.44. The molecule has 3 aromatic carbocycles. The number of nitrogens with zero attached hydrogens (tertiary/aromatic N) is 2. The summed E-state index contributed by atoms with van der Waals surface area (Å²) >= 11 is 0. The maximum atomic E-state index is 6.82. The van der Waals surface area contributed by atoms with Crippen molar-refractivity contribution in [1.82, 2.24) is 9.88 Å². The summed E-state index contributed by atoms with van der Waals surface area (Å²) in [6, 6.07) is 29.2. The molecular weight excluding hydrogens is 550 g/mol. The summed E-state index contributed by atoms with van der Waals surface area (Å²) in [6.07, 6.45) is 3.41. The molecule has 7 nitrogen and oxygen atoms in total. The minimum atomic E-state index is -0.305. The van der Waals surface area contributed by atoms with Crippen molar-refractivity contribution in [3.05, 3.63) is 125 Å². The number of nitrogens with two attached hydrogens (primary N) is 1. The van der Waals surface area contributed by atoms with E-state index >= 15 is 0 Å². The Bertz CT molecular complexity index is 1450. The highest BCUT2D eigenvalue weighted by Gasteiger charge is 2.39. The smallest absolute Gasteiger partial charge is 0.162 e. The Morgan fingerprint density at radius 2 is 1.57 bits per heavy atom. The summed E-state index contributed by atoms with van der Waals surface area (Å²) in [6.45, 7) is 5.80. The molecule has 3 heterocycles. The van der Waals surface area contributed by atoms with E-state index in [1.54, 1.807) is 7.11 Å². The fourth-order valence-electron chi connectivity index (χ4n) is 6.45. The zero-order chi connectivity index (χ0) is 30.3. The number of benzene rings is 3. The highest BCUT2D eigenvalue weighted by atomic mass is 16.6.